The molecule has 2 aromatic rings. The van der Waals surface area contributed by atoms with E-state index in [0.29, 0.717) is 5.56 Å². The Bertz CT molecular complexity index is 1200. The van der Waals surface area contributed by atoms with E-state index in [2.05, 4.69) is 20.6 Å². The monoisotopic (exact) mass is 542 g/mol. The SMILES string of the molecule is CCOC(=O)ON1CCN(C(=O)[C@H](CCC(=O)O)NC(=O)c2cc(NC(C)=O)nc(-c3ccccc3)n2)CC1. The molecule has 0 radical (unpaired) electrons. The minimum Gasteiger partial charge on any atom is -0.481 e. The van der Waals surface area contributed by atoms with Crippen LogP contribution in [0.15, 0.2) is 36.4 Å². The zero-order valence-corrected chi connectivity index (χ0v) is 21.6. The fourth-order valence-electron chi connectivity index (χ4n) is 3.75. The molecule has 1 aromatic carbocycles. The molecule has 0 spiro atoms. The quantitative estimate of drug-likeness (QED) is 0.368. The molecule has 3 N–H and O–H groups in total. The standard InChI is InChI=1S/C25H30N6O8/c1-3-38-25(37)39-31-13-11-30(12-14-31)24(36)18(9-10-21(33)34)28-23(35)19-15-20(26-16(2)32)29-22(27-19)17-7-5-4-6-8-17/h4-8,15,18H,3,9-14H2,1-2H3,(H,28,35)(H,33,34)(H,26,27,29,32)/t18-/m0/s1. The molecule has 0 bridgehead atoms. The van der Waals surface area contributed by atoms with Gasteiger partial charge in [0.05, 0.1) is 19.7 Å². The van der Waals surface area contributed by atoms with Crippen LogP contribution in [0.5, 0.6) is 0 Å². The highest BCUT2D eigenvalue weighted by Gasteiger charge is 2.31. The highest BCUT2D eigenvalue weighted by atomic mass is 16.8. The highest BCUT2D eigenvalue weighted by molar-refractivity contribution is 5.98. The highest BCUT2D eigenvalue weighted by Crippen LogP contribution is 2.18. The van der Waals surface area contributed by atoms with Crippen LogP contribution in [0.4, 0.5) is 10.6 Å². The van der Waals surface area contributed by atoms with Crippen LogP contribution in [0, 0.1) is 0 Å². The van der Waals surface area contributed by atoms with E-state index >= 15 is 0 Å². The van der Waals surface area contributed by atoms with Gasteiger partial charge in [-0.05, 0) is 13.3 Å². The number of piperazine rings is 1. The molecule has 0 aliphatic carbocycles. The van der Waals surface area contributed by atoms with Crippen molar-refractivity contribution in [3.63, 3.8) is 0 Å². The number of aromatic nitrogens is 2. The Morgan fingerprint density at radius 3 is 2.36 bits per heavy atom. The van der Waals surface area contributed by atoms with Crippen LogP contribution in [-0.2, 0) is 24.0 Å². The smallest absolute Gasteiger partial charge is 0.481 e. The Labute approximate surface area is 224 Å². The molecule has 1 fully saturated rings. The van der Waals surface area contributed by atoms with Gasteiger partial charge in [0.2, 0.25) is 11.8 Å². The van der Waals surface area contributed by atoms with Crippen LogP contribution in [0.2, 0.25) is 0 Å². The van der Waals surface area contributed by atoms with E-state index in [1.807, 2.05) is 0 Å². The van der Waals surface area contributed by atoms with E-state index in [9.17, 15) is 29.1 Å². The van der Waals surface area contributed by atoms with Crippen LogP contribution in [0.25, 0.3) is 11.4 Å². The van der Waals surface area contributed by atoms with Gasteiger partial charge in [-0.2, -0.15) is 0 Å². The first-order chi connectivity index (χ1) is 18.7. The molecule has 14 heteroatoms. The molecule has 1 aliphatic heterocycles. The fourth-order valence-corrected chi connectivity index (χ4v) is 3.75. The van der Waals surface area contributed by atoms with Crippen molar-refractivity contribution in [2.75, 3.05) is 38.1 Å². The zero-order chi connectivity index (χ0) is 28.4. The molecule has 3 rings (SSSR count). The molecular weight excluding hydrogens is 512 g/mol. The van der Waals surface area contributed by atoms with E-state index in [1.54, 1.807) is 37.3 Å². The number of carboxylic acids is 1. The number of hydrogen-bond acceptors (Lipinski definition) is 10. The molecule has 1 atom stereocenters. The summed E-state index contributed by atoms with van der Waals surface area (Å²) in [5, 5.41) is 15.7. The van der Waals surface area contributed by atoms with Crippen molar-refractivity contribution in [1.82, 2.24) is 25.2 Å². The van der Waals surface area contributed by atoms with Crippen molar-refractivity contribution in [3.05, 3.63) is 42.1 Å². The van der Waals surface area contributed by atoms with E-state index in [0.717, 1.165) is 0 Å². The minimum atomic E-state index is -1.16. The van der Waals surface area contributed by atoms with Crippen molar-refractivity contribution in [1.29, 1.82) is 0 Å². The lowest BCUT2D eigenvalue weighted by atomic mass is 10.1. The summed E-state index contributed by atoms with van der Waals surface area (Å²) >= 11 is 0. The molecule has 1 aliphatic rings. The Morgan fingerprint density at radius 2 is 1.74 bits per heavy atom. The predicted octanol–water partition coefficient (Wildman–Crippen LogP) is 1.30. The van der Waals surface area contributed by atoms with Crippen molar-refractivity contribution < 1.29 is 38.7 Å². The molecule has 0 saturated carbocycles. The van der Waals surface area contributed by atoms with E-state index in [-0.39, 0.29) is 63.0 Å². The molecule has 0 unspecified atom stereocenters. The first kappa shape index (κ1) is 29.0. The van der Waals surface area contributed by atoms with Gasteiger partial charge in [-0.3, -0.25) is 19.2 Å². The zero-order valence-electron chi connectivity index (χ0n) is 21.6. The molecular formula is C25H30N6O8. The van der Waals surface area contributed by atoms with Gasteiger partial charge in [-0.25, -0.2) is 14.8 Å². The van der Waals surface area contributed by atoms with Crippen molar-refractivity contribution in [3.8, 4) is 11.4 Å². The lowest BCUT2D eigenvalue weighted by molar-refractivity contribution is -0.157. The second-order valence-electron chi connectivity index (χ2n) is 8.50. The summed E-state index contributed by atoms with van der Waals surface area (Å²) < 4.78 is 4.74. The third-order valence-corrected chi connectivity index (χ3v) is 5.56. The summed E-state index contributed by atoms with van der Waals surface area (Å²) in [6.45, 7) is 3.86. The Morgan fingerprint density at radius 1 is 1.05 bits per heavy atom. The van der Waals surface area contributed by atoms with Gasteiger partial charge < -0.3 is 30.2 Å². The van der Waals surface area contributed by atoms with Crippen molar-refractivity contribution in [2.24, 2.45) is 0 Å². The van der Waals surface area contributed by atoms with Crippen LogP contribution in [-0.4, -0.2) is 93.7 Å². The third kappa shape index (κ3) is 8.74. The second kappa shape index (κ2) is 13.8. The largest absolute Gasteiger partial charge is 0.527 e. The number of nitrogens with one attached hydrogen (secondary N) is 2. The predicted molar refractivity (Wildman–Crippen MR) is 136 cm³/mol. The Kier molecular flexibility index (Phi) is 10.3. The first-order valence-electron chi connectivity index (χ1n) is 12.3. The maximum atomic E-state index is 13.3. The van der Waals surface area contributed by atoms with Gasteiger partial charge in [0.15, 0.2) is 5.82 Å². The maximum absolute atomic E-state index is 13.3. The minimum absolute atomic E-state index is 0.0904. The Hall–Kier alpha value is -4.59. The number of rotatable bonds is 10. The average molecular weight is 543 g/mol. The average Bonchev–Trinajstić information content (AvgIpc) is 2.91. The van der Waals surface area contributed by atoms with Gasteiger partial charge >= 0.3 is 12.1 Å². The number of carbonyl (C=O) groups is 5. The van der Waals surface area contributed by atoms with Crippen molar-refractivity contribution in [2.45, 2.75) is 32.7 Å². The number of aliphatic carboxylic acids is 1. The van der Waals surface area contributed by atoms with Gasteiger partial charge in [0.1, 0.15) is 17.6 Å². The summed E-state index contributed by atoms with van der Waals surface area (Å²) in [7, 11) is 0. The number of hydrogen-bond donors (Lipinski definition) is 3. The number of benzene rings is 1. The molecule has 2 heterocycles. The summed E-state index contributed by atoms with van der Waals surface area (Å²) in [6.07, 6.45) is -1.37. The number of nitrogens with zero attached hydrogens (tertiary/aromatic N) is 4. The van der Waals surface area contributed by atoms with Gasteiger partial charge in [-0.15, -0.1) is 5.06 Å². The fraction of sp³-hybridized carbons (Fsp3) is 0.400. The van der Waals surface area contributed by atoms with Crippen LogP contribution in [0.1, 0.15) is 37.2 Å². The number of amides is 3. The van der Waals surface area contributed by atoms with Crippen molar-refractivity contribution >= 4 is 35.7 Å². The van der Waals surface area contributed by atoms with E-state index in [4.69, 9.17) is 9.57 Å². The summed E-state index contributed by atoms with van der Waals surface area (Å²) in [6, 6.07) is 8.91. The first-order valence-corrected chi connectivity index (χ1v) is 12.3. The lowest BCUT2D eigenvalue weighted by Gasteiger charge is -2.35. The normalized spacial score (nSPS) is 14.2. The van der Waals surface area contributed by atoms with Gasteiger partial charge in [0.25, 0.3) is 5.91 Å². The van der Waals surface area contributed by atoms with Gasteiger partial charge in [0, 0.05) is 38.1 Å². The number of carboxylic acid groups (broad SMARTS) is 1. The maximum Gasteiger partial charge on any atom is 0.527 e. The molecule has 1 aromatic heterocycles. The van der Waals surface area contributed by atoms with E-state index < -0.39 is 35.9 Å². The van der Waals surface area contributed by atoms with Crippen LogP contribution < -0.4 is 10.6 Å². The summed E-state index contributed by atoms with van der Waals surface area (Å²) in [4.78, 5) is 76.0. The Balaban J connectivity index is 1.77. The molecule has 14 nitrogen and oxygen atoms in total. The third-order valence-electron chi connectivity index (χ3n) is 5.56. The van der Waals surface area contributed by atoms with Crippen LogP contribution >= 0.6 is 0 Å². The summed E-state index contributed by atoms with van der Waals surface area (Å²) in [5.74, 6) is -2.49. The molecule has 3 amide bonds. The summed E-state index contributed by atoms with van der Waals surface area (Å²) in [5.41, 5.74) is 0.480. The molecule has 208 valence electrons. The number of hydroxylamine groups is 2. The number of anilines is 1. The van der Waals surface area contributed by atoms with E-state index in [1.165, 1.54) is 23.0 Å². The topological polar surface area (TPSA) is 180 Å². The number of carbonyl (C=O) groups excluding carboxylic acids is 4. The second-order valence-corrected chi connectivity index (χ2v) is 8.50. The van der Waals surface area contributed by atoms with Crippen LogP contribution in [0.3, 0.4) is 0 Å². The molecule has 1 saturated heterocycles. The van der Waals surface area contributed by atoms with Gasteiger partial charge in [-0.1, -0.05) is 30.3 Å². The lowest BCUT2D eigenvalue weighted by Crippen LogP contribution is -2.55. The number of ether oxygens (including phenoxy) is 1. The molecule has 39 heavy (non-hydrogen) atoms.